The Balaban J connectivity index is 1.30. The molecule has 1 aliphatic heterocycles. The van der Waals surface area contributed by atoms with Crippen LogP contribution in [0, 0.1) is 19.8 Å². The van der Waals surface area contributed by atoms with E-state index in [0.29, 0.717) is 18.9 Å². The van der Waals surface area contributed by atoms with E-state index in [1.807, 2.05) is 6.92 Å². The lowest BCUT2D eigenvalue weighted by Gasteiger charge is -2.09. The molecule has 3 aromatic rings. The fourth-order valence-electron chi connectivity index (χ4n) is 4.33. The second-order valence-corrected chi connectivity index (χ2v) is 9.12. The van der Waals surface area contributed by atoms with Crippen LogP contribution in [0.25, 0.3) is 11.1 Å². The van der Waals surface area contributed by atoms with Gasteiger partial charge in [0.15, 0.2) is 0 Å². The molecule has 0 unspecified atom stereocenters. The number of rotatable bonds is 8. The summed E-state index contributed by atoms with van der Waals surface area (Å²) in [4.78, 5) is 12.4. The third kappa shape index (κ3) is 5.04. The van der Waals surface area contributed by atoms with Crippen molar-refractivity contribution in [1.29, 1.82) is 0 Å². The summed E-state index contributed by atoms with van der Waals surface area (Å²) < 4.78 is 7.67. The lowest BCUT2D eigenvalue weighted by Crippen LogP contribution is -2.23. The molecule has 2 aromatic carbocycles. The zero-order valence-electron chi connectivity index (χ0n) is 19.6. The van der Waals surface area contributed by atoms with E-state index in [-0.39, 0.29) is 5.91 Å². The molecule has 2 heterocycles. The largest absolute Gasteiger partial charge is 0.493 e. The number of benzene rings is 2. The highest BCUT2D eigenvalue weighted by Gasteiger charge is 2.14. The third-order valence-corrected chi connectivity index (χ3v) is 6.14. The first-order valence-corrected chi connectivity index (χ1v) is 11.6. The van der Waals surface area contributed by atoms with Crippen LogP contribution in [0.4, 0.5) is 0 Å². The number of aromatic nitrogens is 2. The molecule has 1 aliphatic rings. The number of ether oxygens (including phenoxy) is 1. The quantitative estimate of drug-likeness (QED) is 0.546. The Labute approximate surface area is 190 Å². The van der Waals surface area contributed by atoms with Crippen LogP contribution in [0.1, 0.15) is 48.3 Å². The smallest absolute Gasteiger partial charge is 0.220 e. The number of amides is 1. The zero-order chi connectivity index (χ0) is 22.7. The van der Waals surface area contributed by atoms with Crippen molar-refractivity contribution in [3.05, 3.63) is 70.5 Å². The molecule has 0 radical (unpaired) electrons. The molecule has 0 spiro atoms. The average molecular weight is 432 g/mol. The van der Waals surface area contributed by atoms with Gasteiger partial charge in [0.1, 0.15) is 5.75 Å². The molecule has 0 saturated heterocycles. The molecular weight excluding hydrogens is 398 g/mol. The van der Waals surface area contributed by atoms with E-state index >= 15 is 0 Å². The molecule has 0 saturated carbocycles. The maximum atomic E-state index is 12.4. The summed E-state index contributed by atoms with van der Waals surface area (Å²) in [6.45, 7) is 10.7. The molecule has 0 aliphatic carbocycles. The van der Waals surface area contributed by atoms with Gasteiger partial charge in [0.05, 0.1) is 12.3 Å². The number of nitrogens with one attached hydrogen (secondary N) is 1. The van der Waals surface area contributed by atoms with E-state index in [9.17, 15) is 4.79 Å². The molecule has 1 N–H and O–H groups in total. The average Bonchev–Trinajstić information content (AvgIpc) is 3.34. The Morgan fingerprint density at radius 1 is 1.12 bits per heavy atom. The van der Waals surface area contributed by atoms with Gasteiger partial charge in [-0.3, -0.25) is 9.48 Å². The minimum atomic E-state index is 0.0723. The second kappa shape index (κ2) is 9.60. The van der Waals surface area contributed by atoms with Gasteiger partial charge < -0.3 is 10.1 Å². The molecular formula is C27H33N3O2. The highest BCUT2D eigenvalue weighted by atomic mass is 16.5. The van der Waals surface area contributed by atoms with Gasteiger partial charge in [0, 0.05) is 31.6 Å². The zero-order valence-corrected chi connectivity index (χ0v) is 19.6. The molecule has 168 valence electrons. The van der Waals surface area contributed by atoms with Crippen LogP contribution in [-0.4, -0.2) is 22.3 Å². The molecule has 0 atom stereocenters. The van der Waals surface area contributed by atoms with E-state index < -0.39 is 0 Å². The fourth-order valence-corrected chi connectivity index (χ4v) is 4.33. The lowest BCUT2D eigenvalue weighted by atomic mass is 10.0. The Hall–Kier alpha value is -3.08. The molecule has 0 bridgehead atoms. The van der Waals surface area contributed by atoms with Crippen LogP contribution in [0.3, 0.4) is 0 Å². The molecule has 5 nitrogen and oxygen atoms in total. The standard InChI is InChI=1S/C27H33N3O2/c1-18(2)17-30-20(4)25(19(3)29-30)10-12-27(31)28-16-21-5-7-22(8-6-21)23-9-11-26-24(15-23)13-14-32-26/h5-9,11,15,18H,10,12-14,16-17H2,1-4H3,(H,28,31). The Bertz CT molecular complexity index is 1100. The topological polar surface area (TPSA) is 56.2 Å². The molecule has 4 rings (SSSR count). The number of aryl methyl sites for hydroxylation is 1. The van der Waals surface area contributed by atoms with Crippen LogP contribution in [0.15, 0.2) is 42.5 Å². The minimum Gasteiger partial charge on any atom is -0.493 e. The van der Waals surface area contributed by atoms with Gasteiger partial charge in [-0.2, -0.15) is 5.10 Å². The summed E-state index contributed by atoms with van der Waals surface area (Å²) in [5.41, 5.74) is 8.17. The normalized spacial score (nSPS) is 12.7. The van der Waals surface area contributed by atoms with E-state index in [4.69, 9.17) is 4.74 Å². The van der Waals surface area contributed by atoms with Crippen molar-refractivity contribution in [3.8, 4) is 16.9 Å². The number of carbonyl (C=O) groups excluding carboxylic acids is 1. The summed E-state index contributed by atoms with van der Waals surface area (Å²) >= 11 is 0. The summed E-state index contributed by atoms with van der Waals surface area (Å²) in [5.74, 6) is 1.63. The van der Waals surface area contributed by atoms with Crippen LogP contribution in [0.2, 0.25) is 0 Å². The first kappa shape index (κ1) is 22.1. The summed E-state index contributed by atoms with van der Waals surface area (Å²) in [6, 6.07) is 14.8. The van der Waals surface area contributed by atoms with Gasteiger partial charge in [-0.1, -0.05) is 44.2 Å². The van der Waals surface area contributed by atoms with Crippen molar-refractivity contribution >= 4 is 5.91 Å². The van der Waals surface area contributed by atoms with Gasteiger partial charge in [0.2, 0.25) is 5.91 Å². The number of hydrogen-bond donors (Lipinski definition) is 1. The van der Waals surface area contributed by atoms with Gasteiger partial charge in [-0.15, -0.1) is 0 Å². The number of hydrogen-bond acceptors (Lipinski definition) is 3. The maximum Gasteiger partial charge on any atom is 0.220 e. The highest BCUT2D eigenvalue weighted by molar-refractivity contribution is 5.76. The predicted octanol–water partition coefficient (Wildman–Crippen LogP) is 5.01. The number of carbonyl (C=O) groups is 1. The number of fused-ring (bicyclic) bond motifs is 1. The van der Waals surface area contributed by atoms with Crippen molar-refractivity contribution < 1.29 is 9.53 Å². The van der Waals surface area contributed by atoms with Crippen LogP contribution < -0.4 is 10.1 Å². The Kier molecular flexibility index (Phi) is 6.63. The lowest BCUT2D eigenvalue weighted by molar-refractivity contribution is -0.121. The maximum absolute atomic E-state index is 12.4. The molecule has 1 aromatic heterocycles. The SMILES string of the molecule is Cc1nn(CC(C)C)c(C)c1CCC(=O)NCc1ccc(-c2ccc3c(c2)CCO3)cc1. The predicted molar refractivity (Wildman–Crippen MR) is 128 cm³/mol. The van der Waals surface area contributed by atoms with Crippen LogP contribution in [-0.2, 0) is 30.7 Å². The van der Waals surface area contributed by atoms with Gasteiger partial charge in [-0.05, 0) is 66.1 Å². The molecule has 1 amide bonds. The highest BCUT2D eigenvalue weighted by Crippen LogP contribution is 2.30. The first-order valence-electron chi connectivity index (χ1n) is 11.6. The molecule has 0 fully saturated rings. The molecule has 32 heavy (non-hydrogen) atoms. The first-order chi connectivity index (χ1) is 15.4. The van der Waals surface area contributed by atoms with E-state index in [2.05, 4.69) is 78.3 Å². The van der Waals surface area contributed by atoms with Crippen molar-refractivity contribution in [1.82, 2.24) is 15.1 Å². The van der Waals surface area contributed by atoms with Gasteiger partial charge >= 0.3 is 0 Å². The second-order valence-electron chi connectivity index (χ2n) is 9.12. The Morgan fingerprint density at radius 2 is 1.88 bits per heavy atom. The van der Waals surface area contributed by atoms with Crippen LogP contribution >= 0.6 is 0 Å². The van der Waals surface area contributed by atoms with Gasteiger partial charge in [0.25, 0.3) is 0 Å². The monoisotopic (exact) mass is 431 g/mol. The van der Waals surface area contributed by atoms with Gasteiger partial charge in [-0.25, -0.2) is 0 Å². The van der Waals surface area contributed by atoms with E-state index in [0.717, 1.165) is 43.0 Å². The minimum absolute atomic E-state index is 0.0723. The van der Waals surface area contributed by atoms with Crippen molar-refractivity contribution in [3.63, 3.8) is 0 Å². The van der Waals surface area contributed by atoms with Crippen molar-refractivity contribution in [2.45, 2.75) is 60.0 Å². The van der Waals surface area contributed by atoms with E-state index in [1.165, 1.54) is 27.9 Å². The molecule has 5 heteroatoms. The summed E-state index contributed by atoms with van der Waals surface area (Å²) in [5, 5.41) is 7.71. The summed E-state index contributed by atoms with van der Waals surface area (Å²) in [6.07, 6.45) is 2.18. The van der Waals surface area contributed by atoms with Crippen molar-refractivity contribution in [2.75, 3.05) is 6.61 Å². The van der Waals surface area contributed by atoms with Crippen LogP contribution in [0.5, 0.6) is 5.75 Å². The Morgan fingerprint density at radius 3 is 2.62 bits per heavy atom. The fraction of sp³-hybridized carbons (Fsp3) is 0.407. The van der Waals surface area contributed by atoms with E-state index in [1.54, 1.807) is 0 Å². The van der Waals surface area contributed by atoms with Crippen molar-refractivity contribution in [2.24, 2.45) is 5.92 Å². The third-order valence-electron chi connectivity index (χ3n) is 6.14. The summed E-state index contributed by atoms with van der Waals surface area (Å²) in [7, 11) is 0. The number of nitrogens with zero attached hydrogens (tertiary/aromatic N) is 2.